The molecule has 0 spiro atoms. The Kier molecular flexibility index (Phi) is 11.8. The highest BCUT2D eigenvalue weighted by molar-refractivity contribution is 6.38. The van der Waals surface area contributed by atoms with E-state index in [1.807, 2.05) is 32.9 Å². The van der Waals surface area contributed by atoms with Crippen molar-refractivity contribution in [2.45, 2.75) is 73.3 Å². The number of carbonyl (C=O) groups excluding carboxylic acids is 5. The molecule has 2 aromatic carbocycles. The van der Waals surface area contributed by atoms with Crippen molar-refractivity contribution in [2.24, 2.45) is 23.2 Å². The highest BCUT2D eigenvalue weighted by Crippen LogP contribution is 2.30. The van der Waals surface area contributed by atoms with Crippen LogP contribution in [0.3, 0.4) is 0 Å². The first kappa shape index (κ1) is 32.1. The van der Waals surface area contributed by atoms with Gasteiger partial charge in [0.05, 0.1) is 12.0 Å². The molecule has 0 unspecified atom stereocenters. The zero-order valence-electron chi connectivity index (χ0n) is 23.8. The summed E-state index contributed by atoms with van der Waals surface area (Å²) in [6.07, 6.45) is 0.274. The summed E-state index contributed by atoms with van der Waals surface area (Å²) in [7, 11) is 0. The number of Topliss-reactive ketones (excluding diaryl/α,β-unsaturated/α-hetero) is 4. The van der Waals surface area contributed by atoms with Gasteiger partial charge in [0.25, 0.3) is 0 Å². The monoisotopic (exact) mass is 553 g/mol. The molecule has 2 aromatic rings. The second kappa shape index (κ2) is 14.3. The fourth-order valence-corrected chi connectivity index (χ4v) is 4.63. The maximum atomic E-state index is 13.2. The lowest BCUT2D eigenvalue weighted by molar-refractivity contribution is -0.141. The fraction of sp³-hybridized carbons (Fsp3) is 0.469. The summed E-state index contributed by atoms with van der Waals surface area (Å²) < 4.78 is 0. The maximum absolute atomic E-state index is 13.2. The minimum absolute atomic E-state index is 0.00842. The van der Waals surface area contributed by atoms with Gasteiger partial charge in [-0.1, -0.05) is 88.7 Å². The van der Waals surface area contributed by atoms with Gasteiger partial charge in [0, 0.05) is 35.8 Å². The van der Waals surface area contributed by atoms with E-state index in [0.29, 0.717) is 17.0 Å². The number of nitrogens with one attached hydrogen (secondary N) is 1. The number of rotatable bonds is 14. The molecule has 2 rings (SSSR count). The molecule has 0 aliphatic heterocycles. The lowest BCUT2D eigenvalue weighted by Gasteiger charge is -2.30. The largest absolute Gasteiger partial charge is 0.346 e. The Hall–Kier alpha value is -3.12. The Balaban J connectivity index is 2.03. The Bertz CT molecular complexity index is 1180. The number of carbonyl (C=O) groups is 5. The number of benzene rings is 2. The highest BCUT2D eigenvalue weighted by atomic mass is 35.5. The third-order valence-electron chi connectivity index (χ3n) is 7.06. The van der Waals surface area contributed by atoms with E-state index < -0.39 is 40.8 Å². The Morgan fingerprint density at radius 3 is 2.08 bits per heavy atom. The van der Waals surface area contributed by atoms with Gasteiger partial charge in [-0.05, 0) is 42.4 Å². The lowest BCUT2D eigenvalue weighted by atomic mass is 9.76. The second-order valence-electron chi connectivity index (χ2n) is 11.6. The van der Waals surface area contributed by atoms with Crippen molar-refractivity contribution in [3.05, 3.63) is 70.7 Å². The van der Waals surface area contributed by atoms with Crippen LogP contribution in [0.2, 0.25) is 5.02 Å². The average molecular weight is 554 g/mol. The van der Waals surface area contributed by atoms with E-state index in [-0.39, 0.29) is 36.7 Å². The zero-order valence-corrected chi connectivity index (χ0v) is 24.5. The topological polar surface area (TPSA) is 97.4 Å². The van der Waals surface area contributed by atoms with Crippen LogP contribution in [-0.2, 0) is 25.6 Å². The molecule has 0 saturated carbocycles. The van der Waals surface area contributed by atoms with Crippen molar-refractivity contribution in [2.75, 3.05) is 0 Å². The summed E-state index contributed by atoms with van der Waals surface area (Å²) >= 11 is 6.00. The van der Waals surface area contributed by atoms with Crippen molar-refractivity contribution in [3.63, 3.8) is 0 Å². The molecule has 1 N–H and O–H groups in total. The molecule has 1 amide bonds. The Morgan fingerprint density at radius 1 is 0.872 bits per heavy atom. The van der Waals surface area contributed by atoms with Crippen LogP contribution in [0, 0.1) is 23.2 Å². The number of amides is 1. The molecule has 0 aliphatic carbocycles. The first-order valence-corrected chi connectivity index (χ1v) is 13.8. The molecule has 0 aliphatic rings. The van der Waals surface area contributed by atoms with Gasteiger partial charge < -0.3 is 5.32 Å². The van der Waals surface area contributed by atoms with Crippen molar-refractivity contribution in [1.29, 1.82) is 0 Å². The summed E-state index contributed by atoms with van der Waals surface area (Å²) in [6.45, 7) is 10.8. The first-order valence-electron chi connectivity index (χ1n) is 13.4. The average Bonchev–Trinajstić information content (AvgIpc) is 2.87. The maximum Gasteiger partial charge on any atom is 0.224 e. The van der Waals surface area contributed by atoms with Crippen LogP contribution in [0.15, 0.2) is 54.6 Å². The number of halogens is 1. The third kappa shape index (κ3) is 9.85. The molecule has 7 heteroatoms. The molecule has 0 fully saturated rings. The van der Waals surface area contributed by atoms with Crippen LogP contribution in [0.5, 0.6) is 0 Å². The predicted molar refractivity (Wildman–Crippen MR) is 154 cm³/mol. The molecule has 0 bridgehead atoms. The van der Waals surface area contributed by atoms with E-state index in [2.05, 4.69) is 5.32 Å². The lowest BCUT2D eigenvalue weighted by Crippen LogP contribution is -2.46. The zero-order chi connectivity index (χ0) is 29.3. The summed E-state index contributed by atoms with van der Waals surface area (Å²) in [5.74, 6) is -3.63. The molecule has 0 saturated heterocycles. The van der Waals surface area contributed by atoms with E-state index in [0.717, 1.165) is 5.56 Å². The summed E-state index contributed by atoms with van der Waals surface area (Å²) in [6, 6.07) is 15.0. The molecule has 0 aromatic heterocycles. The highest BCUT2D eigenvalue weighted by Gasteiger charge is 2.36. The van der Waals surface area contributed by atoms with Gasteiger partial charge in [-0.3, -0.25) is 24.0 Å². The van der Waals surface area contributed by atoms with Crippen LogP contribution in [-0.4, -0.2) is 35.1 Å². The Morgan fingerprint density at radius 2 is 1.51 bits per heavy atom. The minimum Gasteiger partial charge on any atom is -0.346 e. The van der Waals surface area contributed by atoms with E-state index in [1.165, 1.54) is 0 Å². The molecule has 6 nitrogen and oxygen atoms in total. The van der Waals surface area contributed by atoms with Gasteiger partial charge in [0.15, 0.2) is 17.3 Å². The van der Waals surface area contributed by atoms with E-state index >= 15 is 0 Å². The van der Waals surface area contributed by atoms with Gasteiger partial charge in [-0.25, -0.2) is 0 Å². The van der Waals surface area contributed by atoms with Gasteiger partial charge >= 0.3 is 0 Å². The van der Waals surface area contributed by atoms with Crippen molar-refractivity contribution in [1.82, 2.24) is 5.32 Å². The SMILES string of the molecule is CC(C)[C@H](CC(=O)[C@H](C)NC(=O)[C@@H](CC(=O)c1ccccc1)C(C)(C)C)C(=O)C(=O)CCc1cccc(Cl)c1. The summed E-state index contributed by atoms with van der Waals surface area (Å²) in [5, 5.41) is 3.32. The Labute approximate surface area is 236 Å². The molecule has 0 radical (unpaired) electrons. The van der Waals surface area contributed by atoms with E-state index in [1.54, 1.807) is 63.2 Å². The molecule has 0 heterocycles. The first-order chi connectivity index (χ1) is 18.2. The van der Waals surface area contributed by atoms with Crippen molar-refractivity contribution < 1.29 is 24.0 Å². The molecule has 3 atom stereocenters. The summed E-state index contributed by atoms with van der Waals surface area (Å²) in [5.41, 5.74) is 0.863. The van der Waals surface area contributed by atoms with Gasteiger partial charge in [0.2, 0.25) is 11.7 Å². The second-order valence-corrected chi connectivity index (χ2v) is 12.0. The van der Waals surface area contributed by atoms with E-state index in [4.69, 9.17) is 11.6 Å². The third-order valence-corrected chi connectivity index (χ3v) is 7.29. The standard InChI is InChI=1S/C32H40ClNO5/c1-20(2)25(30(38)27(35)16-15-22-11-10-14-24(33)17-22)18-28(36)21(3)34-31(39)26(32(4,5)6)19-29(37)23-12-8-7-9-13-23/h7-14,17,20-21,25-26H,15-16,18-19H2,1-6H3,(H,34,39)/t21-,25-,26+/m0/s1. The molecule has 39 heavy (non-hydrogen) atoms. The number of hydrogen-bond donors (Lipinski definition) is 1. The minimum atomic E-state index is -0.871. The predicted octanol–water partition coefficient (Wildman–Crippen LogP) is 6.08. The molecular formula is C32H40ClNO5. The molecular weight excluding hydrogens is 514 g/mol. The van der Waals surface area contributed by atoms with Crippen molar-refractivity contribution >= 4 is 40.6 Å². The number of hydrogen-bond acceptors (Lipinski definition) is 5. The smallest absolute Gasteiger partial charge is 0.224 e. The number of aryl methyl sites for hydroxylation is 1. The van der Waals surface area contributed by atoms with Gasteiger partial charge in [-0.2, -0.15) is 0 Å². The normalized spacial score (nSPS) is 13.8. The number of ketones is 4. The summed E-state index contributed by atoms with van der Waals surface area (Å²) in [4.78, 5) is 64.8. The van der Waals surface area contributed by atoms with E-state index in [9.17, 15) is 24.0 Å². The van der Waals surface area contributed by atoms with Crippen LogP contribution in [0.4, 0.5) is 0 Å². The van der Waals surface area contributed by atoms with Gasteiger partial charge in [-0.15, -0.1) is 0 Å². The van der Waals surface area contributed by atoms with Crippen LogP contribution in [0.25, 0.3) is 0 Å². The van der Waals surface area contributed by atoms with Crippen LogP contribution in [0.1, 0.15) is 76.7 Å². The van der Waals surface area contributed by atoms with Crippen LogP contribution >= 0.6 is 11.6 Å². The van der Waals surface area contributed by atoms with Crippen molar-refractivity contribution in [3.8, 4) is 0 Å². The molecule has 210 valence electrons. The van der Waals surface area contributed by atoms with Crippen LogP contribution < -0.4 is 5.32 Å². The van der Waals surface area contributed by atoms with Gasteiger partial charge in [0.1, 0.15) is 0 Å². The quantitative estimate of drug-likeness (QED) is 0.226. The fourth-order valence-electron chi connectivity index (χ4n) is 4.42.